The average Bonchev–Trinajstić information content (AvgIpc) is 2.42. The number of aryl methyl sites for hydroxylation is 1. The fraction of sp³-hybridized carbons (Fsp3) is 0.500. The minimum atomic E-state index is -0.299. The van der Waals surface area contributed by atoms with E-state index in [4.69, 9.17) is 9.47 Å². The molecule has 1 aromatic rings. The lowest BCUT2D eigenvalue weighted by molar-refractivity contribution is -0.0251. The van der Waals surface area contributed by atoms with E-state index in [9.17, 15) is 9.18 Å². The number of carbonyl (C=O) groups excluding carboxylic acids is 1. The minimum Gasteiger partial charge on any atom is -0.382 e. The lowest BCUT2D eigenvalue weighted by atomic mass is 10.1. The number of carbonyl (C=O) groups is 1. The highest BCUT2D eigenvalue weighted by Gasteiger charge is 2.28. The van der Waals surface area contributed by atoms with Crippen LogP contribution in [-0.4, -0.2) is 50.3 Å². The van der Waals surface area contributed by atoms with Crippen LogP contribution in [0.15, 0.2) is 18.2 Å². The molecule has 0 bridgehead atoms. The second-order valence-electron chi connectivity index (χ2n) is 4.65. The molecule has 4 nitrogen and oxygen atoms in total. The SMILES string of the molecule is COCC1COCCN1C(=O)c1ccc(F)c(C)c1. The molecule has 1 amide bonds. The van der Waals surface area contributed by atoms with Crippen molar-refractivity contribution in [3.8, 4) is 0 Å². The van der Waals surface area contributed by atoms with Crippen LogP contribution in [0, 0.1) is 12.7 Å². The quantitative estimate of drug-likeness (QED) is 0.835. The Kier molecular flexibility index (Phi) is 4.50. The highest BCUT2D eigenvalue weighted by Crippen LogP contribution is 2.15. The number of hydrogen-bond acceptors (Lipinski definition) is 3. The van der Waals surface area contributed by atoms with Crippen LogP contribution < -0.4 is 0 Å². The Morgan fingerprint density at radius 3 is 3.05 bits per heavy atom. The van der Waals surface area contributed by atoms with Gasteiger partial charge in [-0.15, -0.1) is 0 Å². The topological polar surface area (TPSA) is 38.8 Å². The van der Waals surface area contributed by atoms with E-state index < -0.39 is 0 Å². The van der Waals surface area contributed by atoms with Gasteiger partial charge < -0.3 is 14.4 Å². The predicted octanol–water partition coefficient (Wildman–Crippen LogP) is 1.62. The van der Waals surface area contributed by atoms with Gasteiger partial charge in [-0.3, -0.25) is 4.79 Å². The number of halogens is 1. The highest BCUT2D eigenvalue weighted by atomic mass is 19.1. The summed E-state index contributed by atoms with van der Waals surface area (Å²) in [4.78, 5) is 14.2. The van der Waals surface area contributed by atoms with Gasteiger partial charge in [0.2, 0.25) is 0 Å². The van der Waals surface area contributed by atoms with E-state index in [-0.39, 0.29) is 17.8 Å². The second kappa shape index (κ2) is 6.12. The number of nitrogens with zero attached hydrogens (tertiary/aromatic N) is 1. The Morgan fingerprint density at radius 1 is 1.58 bits per heavy atom. The number of ether oxygens (including phenoxy) is 2. The summed E-state index contributed by atoms with van der Waals surface area (Å²) in [7, 11) is 1.60. The lowest BCUT2D eigenvalue weighted by Gasteiger charge is -2.35. The molecule has 0 N–H and O–H groups in total. The zero-order valence-corrected chi connectivity index (χ0v) is 11.2. The van der Waals surface area contributed by atoms with Crippen LogP contribution in [0.1, 0.15) is 15.9 Å². The molecular formula is C14H18FNO3. The Morgan fingerprint density at radius 2 is 2.37 bits per heavy atom. The Hall–Kier alpha value is -1.46. The van der Waals surface area contributed by atoms with E-state index in [0.717, 1.165) is 0 Å². The molecule has 5 heteroatoms. The molecule has 1 aromatic carbocycles. The van der Waals surface area contributed by atoms with Gasteiger partial charge in [0.25, 0.3) is 5.91 Å². The van der Waals surface area contributed by atoms with E-state index in [1.807, 2.05) is 0 Å². The van der Waals surface area contributed by atoms with E-state index >= 15 is 0 Å². The fourth-order valence-electron chi connectivity index (χ4n) is 2.20. The molecule has 1 unspecified atom stereocenters. The summed E-state index contributed by atoms with van der Waals surface area (Å²) < 4.78 is 23.7. The van der Waals surface area contributed by atoms with E-state index in [1.165, 1.54) is 12.1 Å². The molecule has 0 saturated carbocycles. The van der Waals surface area contributed by atoms with Crippen molar-refractivity contribution in [2.24, 2.45) is 0 Å². The minimum absolute atomic E-state index is 0.0865. The summed E-state index contributed by atoms with van der Waals surface area (Å²) in [5, 5.41) is 0. The van der Waals surface area contributed by atoms with Crippen molar-refractivity contribution in [3.63, 3.8) is 0 Å². The number of hydrogen-bond donors (Lipinski definition) is 0. The number of amides is 1. The second-order valence-corrected chi connectivity index (χ2v) is 4.65. The number of rotatable bonds is 3. The van der Waals surface area contributed by atoms with Crippen molar-refractivity contribution in [3.05, 3.63) is 35.1 Å². The van der Waals surface area contributed by atoms with Crippen molar-refractivity contribution < 1.29 is 18.7 Å². The molecule has 1 aliphatic rings. The number of methoxy groups -OCH3 is 1. The molecule has 0 spiro atoms. The summed E-state index contributed by atoms with van der Waals surface area (Å²) in [5.41, 5.74) is 0.976. The summed E-state index contributed by atoms with van der Waals surface area (Å²) in [6, 6.07) is 4.34. The molecule has 2 rings (SSSR count). The molecule has 0 aromatic heterocycles. The van der Waals surface area contributed by atoms with Gasteiger partial charge in [0.1, 0.15) is 5.82 Å². The first-order valence-electron chi connectivity index (χ1n) is 6.27. The highest BCUT2D eigenvalue weighted by molar-refractivity contribution is 5.94. The monoisotopic (exact) mass is 267 g/mol. The Labute approximate surface area is 112 Å². The summed E-state index contributed by atoms with van der Waals surface area (Å²) in [5.74, 6) is -0.402. The fourth-order valence-corrected chi connectivity index (χ4v) is 2.20. The van der Waals surface area contributed by atoms with Gasteiger partial charge in [-0.1, -0.05) is 0 Å². The van der Waals surface area contributed by atoms with Crippen LogP contribution in [0.3, 0.4) is 0 Å². The van der Waals surface area contributed by atoms with Gasteiger partial charge in [0.15, 0.2) is 0 Å². The maximum absolute atomic E-state index is 13.2. The van der Waals surface area contributed by atoms with Crippen molar-refractivity contribution in [1.82, 2.24) is 4.90 Å². The standard InChI is InChI=1S/C14H18FNO3/c1-10-7-11(3-4-13(10)15)14(17)16-5-6-19-9-12(16)8-18-2/h3-4,7,12H,5-6,8-9H2,1-2H3. The number of benzene rings is 1. The van der Waals surface area contributed by atoms with Gasteiger partial charge in [-0.2, -0.15) is 0 Å². The molecule has 1 heterocycles. The summed E-state index contributed by atoms with van der Waals surface area (Å²) in [6.45, 7) is 3.61. The predicted molar refractivity (Wildman–Crippen MR) is 68.7 cm³/mol. The van der Waals surface area contributed by atoms with E-state index in [1.54, 1.807) is 25.0 Å². The molecular weight excluding hydrogens is 249 g/mol. The van der Waals surface area contributed by atoms with Crippen molar-refractivity contribution in [1.29, 1.82) is 0 Å². The maximum Gasteiger partial charge on any atom is 0.254 e. The first-order valence-corrected chi connectivity index (χ1v) is 6.27. The van der Waals surface area contributed by atoms with E-state index in [2.05, 4.69) is 0 Å². The van der Waals surface area contributed by atoms with E-state index in [0.29, 0.717) is 37.5 Å². The zero-order chi connectivity index (χ0) is 13.8. The molecule has 19 heavy (non-hydrogen) atoms. The van der Waals surface area contributed by atoms with Crippen molar-refractivity contribution in [2.45, 2.75) is 13.0 Å². The van der Waals surface area contributed by atoms with Gasteiger partial charge in [0, 0.05) is 19.2 Å². The van der Waals surface area contributed by atoms with Crippen LogP contribution in [-0.2, 0) is 9.47 Å². The van der Waals surface area contributed by atoms with Crippen molar-refractivity contribution in [2.75, 3.05) is 33.5 Å². The molecule has 0 radical (unpaired) electrons. The third-order valence-electron chi connectivity index (χ3n) is 3.25. The van der Waals surface area contributed by atoms with Crippen LogP contribution in [0.25, 0.3) is 0 Å². The van der Waals surface area contributed by atoms with Crippen LogP contribution >= 0.6 is 0 Å². The first-order chi connectivity index (χ1) is 9.13. The number of morpholine rings is 1. The van der Waals surface area contributed by atoms with Crippen LogP contribution in [0.5, 0.6) is 0 Å². The summed E-state index contributed by atoms with van der Waals surface area (Å²) >= 11 is 0. The van der Waals surface area contributed by atoms with Crippen LogP contribution in [0.4, 0.5) is 4.39 Å². The van der Waals surface area contributed by atoms with Gasteiger partial charge in [-0.25, -0.2) is 4.39 Å². The normalized spacial score (nSPS) is 19.5. The molecule has 1 fully saturated rings. The largest absolute Gasteiger partial charge is 0.382 e. The lowest BCUT2D eigenvalue weighted by Crippen LogP contribution is -2.50. The maximum atomic E-state index is 13.2. The Balaban J connectivity index is 2.18. The first kappa shape index (κ1) is 14.0. The average molecular weight is 267 g/mol. The smallest absolute Gasteiger partial charge is 0.254 e. The Bertz CT molecular complexity index is 462. The molecule has 104 valence electrons. The zero-order valence-electron chi connectivity index (χ0n) is 11.2. The van der Waals surface area contributed by atoms with Gasteiger partial charge in [-0.05, 0) is 30.7 Å². The molecule has 0 aliphatic carbocycles. The van der Waals surface area contributed by atoms with Crippen molar-refractivity contribution >= 4 is 5.91 Å². The van der Waals surface area contributed by atoms with Crippen LogP contribution in [0.2, 0.25) is 0 Å². The third kappa shape index (κ3) is 3.11. The third-order valence-corrected chi connectivity index (χ3v) is 3.25. The molecule has 1 saturated heterocycles. The molecule has 1 aliphatic heterocycles. The summed E-state index contributed by atoms with van der Waals surface area (Å²) in [6.07, 6.45) is 0. The van der Waals surface area contributed by atoms with Gasteiger partial charge in [0.05, 0.1) is 25.9 Å². The molecule has 1 atom stereocenters. The van der Waals surface area contributed by atoms with Gasteiger partial charge >= 0.3 is 0 Å².